The Balaban J connectivity index is 2.81. The Kier molecular flexibility index (Phi) is 5.26. The maximum atomic E-state index is 13.4. The van der Waals surface area contributed by atoms with Gasteiger partial charge in [-0.3, -0.25) is 4.79 Å². The Bertz CT molecular complexity index is 449. The number of hydrogen-bond donors (Lipinski definition) is 2. The minimum atomic E-state index is -0.608. The second kappa shape index (κ2) is 6.70. The molecule has 0 bridgehead atoms. The average Bonchev–Trinajstić information content (AvgIpc) is 2.38. The van der Waals surface area contributed by atoms with Gasteiger partial charge >= 0.3 is 5.97 Å². The molecule has 0 saturated heterocycles. The van der Waals surface area contributed by atoms with Gasteiger partial charge in [-0.25, -0.2) is 9.18 Å². The van der Waals surface area contributed by atoms with Gasteiger partial charge in [-0.2, -0.15) is 0 Å². The van der Waals surface area contributed by atoms with Crippen molar-refractivity contribution in [2.45, 2.75) is 12.8 Å². The molecule has 0 aromatic heterocycles. The van der Waals surface area contributed by atoms with Gasteiger partial charge in [-0.05, 0) is 31.2 Å². The van der Waals surface area contributed by atoms with E-state index in [1.165, 1.54) is 19.2 Å². The van der Waals surface area contributed by atoms with Crippen LogP contribution in [-0.4, -0.2) is 25.5 Å². The standard InChI is InChI=1S/C12H15FN2O3/c1-18-12(17)8-4-5-9(13)10(7-8)15-11(16)3-2-6-14/h4-5,7H,2-3,6,14H2,1H3,(H,15,16). The molecule has 0 saturated carbocycles. The van der Waals surface area contributed by atoms with Crippen LogP contribution >= 0.6 is 0 Å². The molecule has 0 fully saturated rings. The van der Waals surface area contributed by atoms with E-state index in [9.17, 15) is 14.0 Å². The third kappa shape index (κ3) is 3.81. The molecule has 98 valence electrons. The number of carbonyl (C=O) groups excluding carboxylic acids is 2. The first-order valence-electron chi connectivity index (χ1n) is 5.46. The van der Waals surface area contributed by atoms with Gasteiger partial charge < -0.3 is 15.8 Å². The molecule has 3 N–H and O–H groups in total. The van der Waals surface area contributed by atoms with Crippen molar-refractivity contribution in [1.82, 2.24) is 0 Å². The lowest BCUT2D eigenvalue weighted by Crippen LogP contribution is -2.15. The number of anilines is 1. The first kappa shape index (κ1) is 14.1. The van der Waals surface area contributed by atoms with E-state index in [0.29, 0.717) is 13.0 Å². The van der Waals surface area contributed by atoms with Gasteiger partial charge in [0.15, 0.2) is 0 Å². The van der Waals surface area contributed by atoms with Crippen LogP contribution in [-0.2, 0) is 9.53 Å². The molecule has 0 unspecified atom stereocenters. The summed E-state index contributed by atoms with van der Waals surface area (Å²) in [5, 5.41) is 2.39. The molecule has 0 aliphatic rings. The number of hydrogen-bond acceptors (Lipinski definition) is 4. The van der Waals surface area contributed by atoms with Crippen molar-refractivity contribution in [3.63, 3.8) is 0 Å². The summed E-state index contributed by atoms with van der Waals surface area (Å²) in [6, 6.07) is 3.63. The summed E-state index contributed by atoms with van der Waals surface area (Å²) < 4.78 is 17.9. The number of esters is 1. The smallest absolute Gasteiger partial charge is 0.337 e. The summed E-state index contributed by atoms with van der Waals surface area (Å²) in [6.07, 6.45) is 0.725. The van der Waals surface area contributed by atoms with Gasteiger partial charge in [0.05, 0.1) is 18.4 Å². The first-order valence-corrected chi connectivity index (χ1v) is 5.46. The molecule has 0 aliphatic carbocycles. The molecule has 0 radical (unpaired) electrons. The van der Waals surface area contributed by atoms with Gasteiger partial charge in [-0.1, -0.05) is 0 Å². The van der Waals surface area contributed by atoms with Crippen LogP contribution in [0.25, 0.3) is 0 Å². The Morgan fingerprint density at radius 2 is 2.17 bits per heavy atom. The number of nitrogens with one attached hydrogen (secondary N) is 1. The summed E-state index contributed by atoms with van der Waals surface area (Å²) in [7, 11) is 1.23. The lowest BCUT2D eigenvalue weighted by atomic mass is 10.2. The molecular weight excluding hydrogens is 239 g/mol. The highest BCUT2D eigenvalue weighted by molar-refractivity contribution is 5.94. The van der Waals surface area contributed by atoms with E-state index in [-0.39, 0.29) is 23.6 Å². The average molecular weight is 254 g/mol. The number of halogens is 1. The van der Waals surface area contributed by atoms with Crippen LogP contribution in [0.4, 0.5) is 10.1 Å². The molecule has 0 heterocycles. The van der Waals surface area contributed by atoms with Gasteiger partial charge in [0, 0.05) is 6.42 Å². The minimum absolute atomic E-state index is 0.0417. The van der Waals surface area contributed by atoms with Gasteiger partial charge in [0.25, 0.3) is 0 Å². The van der Waals surface area contributed by atoms with Gasteiger partial charge in [0.1, 0.15) is 5.82 Å². The fraction of sp³-hybridized carbons (Fsp3) is 0.333. The summed E-state index contributed by atoms with van der Waals surface area (Å²) in [6.45, 7) is 0.387. The van der Waals surface area contributed by atoms with E-state index >= 15 is 0 Å². The SMILES string of the molecule is COC(=O)c1ccc(F)c(NC(=O)CCCN)c1. The highest BCUT2D eigenvalue weighted by atomic mass is 19.1. The Labute approximate surface area is 104 Å². The third-order valence-electron chi connectivity index (χ3n) is 2.27. The van der Waals surface area contributed by atoms with Crippen molar-refractivity contribution in [2.24, 2.45) is 5.73 Å². The van der Waals surface area contributed by atoms with E-state index in [1.54, 1.807) is 0 Å². The van der Waals surface area contributed by atoms with Crippen molar-refractivity contribution in [1.29, 1.82) is 0 Å². The maximum absolute atomic E-state index is 13.4. The van der Waals surface area contributed by atoms with E-state index in [4.69, 9.17) is 5.73 Å². The normalized spacial score (nSPS) is 9.94. The van der Waals surface area contributed by atoms with E-state index in [2.05, 4.69) is 10.1 Å². The quantitative estimate of drug-likeness (QED) is 0.776. The number of amides is 1. The van der Waals surface area contributed by atoms with Crippen LogP contribution < -0.4 is 11.1 Å². The van der Waals surface area contributed by atoms with Crippen LogP contribution in [0.15, 0.2) is 18.2 Å². The van der Waals surface area contributed by atoms with E-state index in [1.807, 2.05) is 0 Å². The predicted molar refractivity (Wildman–Crippen MR) is 64.7 cm³/mol. The lowest BCUT2D eigenvalue weighted by Gasteiger charge is -2.07. The first-order chi connectivity index (χ1) is 8.58. The monoisotopic (exact) mass is 254 g/mol. The van der Waals surface area contributed by atoms with Crippen LogP contribution in [0.2, 0.25) is 0 Å². The number of ether oxygens (including phenoxy) is 1. The molecule has 1 amide bonds. The summed E-state index contributed by atoms with van der Waals surface area (Å²) in [5.74, 6) is -1.54. The van der Waals surface area contributed by atoms with Crippen LogP contribution in [0, 0.1) is 5.82 Å². The molecule has 1 rings (SSSR count). The number of rotatable bonds is 5. The molecule has 6 heteroatoms. The molecular formula is C12H15FN2O3. The molecule has 0 spiro atoms. The summed E-state index contributed by atoms with van der Waals surface area (Å²) in [5.41, 5.74) is 5.40. The highest BCUT2D eigenvalue weighted by Crippen LogP contribution is 2.17. The predicted octanol–water partition coefficient (Wildman–Crippen LogP) is 1.29. The Hall–Kier alpha value is -1.95. The number of carbonyl (C=O) groups is 2. The third-order valence-corrected chi connectivity index (χ3v) is 2.27. The second-order valence-electron chi connectivity index (χ2n) is 3.63. The van der Waals surface area contributed by atoms with Crippen molar-refractivity contribution < 1.29 is 18.7 Å². The van der Waals surface area contributed by atoms with E-state index < -0.39 is 11.8 Å². The lowest BCUT2D eigenvalue weighted by molar-refractivity contribution is -0.116. The fourth-order valence-corrected chi connectivity index (χ4v) is 1.34. The van der Waals surface area contributed by atoms with Crippen molar-refractivity contribution in [2.75, 3.05) is 19.0 Å². The number of methoxy groups -OCH3 is 1. The Morgan fingerprint density at radius 3 is 2.78 bits per heavy atom. The largest absolute Gasteiger partial charge is 0.465 e. The van der Waals surface area contributed by atoms with Crippen LogP contribution in [0.3, 0.4) is 0 Å². The van der Waals surface area contributed by atoms with Crippen LogP contribution in [0.1, 0.15) is 23.2 Å². The van der Waals surface area contributed by atoms with Crippen molar-refractivity contribution >= 4 is 17.6 Å². The van der Waals surface area contributed by atoms with Crippen LogP contribution in [0.5, 0.6) is 0 Å². The zero-order chi connectivity index (χ0) is 13.5. The molecule has 18 heavy (non-hydrogen) atoms. The molecule has 1 aromatic rings. The number of nitrogens with two attached hydrogens (primary N) is 1. The summed E-state index contributed by atoms with van der Waals surface area (Å²) >= 11 is 0. The van der Waals surface area contributed by atoms with Crippen molar-refractivity contribution in [3.05, 3.63) is 29.6 Å². The Morgan fingerprint density at radius 1 is 1.44 bits per heavy atom. The molecule has 0 atom stereocenters. The summed E-state index contributed by atoms with van der Waals surface area (Å²) in [4.78, 5) is 22.7. The van der Waals surface area contributed by atoms with Crippen molar-refractivity contribution in [3.8, 4) is 0 Å². The second-order valence-corrected chi connectivity index (χ2v) is 3.63. The molecule has 0 aliphatic heterocycles. The minimum Gasteiger partial charge on any atom is -0.465 e. The zero-order valence-electron chi connectivity index (χ0n) is 10.0. The maximum Gasteiger partial charge on any atom is 0.337 e. The highest BCUT2D eigenvalue weighted by Gasteiger charge is 2.11. The molecule has 5 nitrogen and oxygen atoms in total. The zero-order valence-corrected chi connectivity index (χ0v) is 10.0. The topological polar surface area (TPSA) is 81.4 Å². The molecule has 1 aromatic carbocycles. The fourth-order valence-electron chi connectivity index (χ4n) is 1.34. The van der Waals surface area contributed by atoms with Gasteiger partial charge in [-0.15, -0.1) is 0 Å². The number of benzene rings is 1. The van der Waals surface area contributed by atoms with E-state index in [0.717, 1.165) is 6.07 Å². The van der Waals surface area contributed by atoms with Gasteiger partial charge in [0.2, 0.25) is 5.91 Å².